The van der Waals surface area contributed by atoms with E-state index in [9.17, 15) is 4.39 Å². The van der Waals surface area contributed by atoms with Crippen LogP contribution in [0.2, 0.25) is 0 Å². The molecule has 2 rings (SSSR count). The van der Waals surface area contributed by atoms with Gasteiger partial charge in [0.1, 0.15) is 24.5 Å². The second-order valence-corrected chi connectivity index (χ2v) is 4.18. The highest BCUT2D eigenvalue weighted by molar-refractivity contribution is 5.34. The van der Waals surface area contributed by atoms with E-state index in [2.05, 4.69) is 15.5 Å². The second-order valence-electron chi connectivity index (χ2n) is 4.18. The van der Waals surface area contributed by atoms with E-state index in [1.54, 1.807) is 17.0 Å². The van der Waals surface area contributed by atoms with Crippen molar-refractivity contribution in [3.63, 3.8) is 0 Å². The summed E-state index contributed by atoms with van der Waals surface area (Å²) in [7, 11) is 1.85. The van der Waals surface area contributed by atoms with Crippen molar-refractivity contribution in [3.05, 3.63) is 41.7 Å². The maximum Gasteiger partial charge on any atom is 0.170 e. The number of hydrogen-bond donors (Lipinski definition) is 1. The molecule has 0 saturated heterocycles. The van der Waals surface area contributed by atoms with E-state index in [4.69, 9.17) is 4.74 Å². The van der Waals surface area contributed by atoms with Crippen LogP contribution in [0.1, 0.15) is 18.3 Å². The van der Waals surface area contributed by atoms with Gasteiger partial charge in [0, 0.05) is 19.2 Å². The molecule has 1 aromatic carbocycles. The van der Waals surface area contributed by atoms with Crippen LogP contribution >= 0.6 is 0 Å². The Labute approximate surface area is 111 Å². The molecule has 0 atom stereocenters. The van der Waals surface area contributed by atoms with Gasteiger partial charge in [0.2, 0.25) is 0 Å². The number of ether oxygens (including phenoxy) is 1. The molecule has 0 radical (unpaired) electrons. The van der Waals surface area contributed by atoms with Gasteiger partial charge in [-0.15, -0.1) is 10.2 Å². The lowest BCUT2D eigenvalue weighted by Crippen LogP contribution is -2.13. The smallest absolute Gasteiger partial charge is 0.170 e. The lowest BCUT2D eigenvalue weighted by Gasteiger charge is -2.11. The Bertz CT molecular complexity index is 541. The van der Waals surface area contributed by atoms with Crippen molar-refractivity contribution in [1.82, 2.24) is 20.1 Å². The van der Waals surface area contributed by atoms with Gasteiger partial charge in [0.25, 0.3) is 0 Å². The molecule has 6 heteroatoms. The summed E-state index contributed by atoms with van der Waals surface area (Å²) in [4.78, 5) is 0. The fourth-order valence-corrected chi connectivity index (χ4v) is 1.67. The second kappa shape index (κ2) is 6.29. The summed E-state index contributed by atoms with van der Waals surface area (Å²) < 4.78 is 20.7. The minimum Gasteiger partial charge on any atom is -0.485 e. The first-order valence-electron chi connectivity index (χ1n) is 6.15. The lowest BCUT2D eigenvalue weighted by molar-refractivity contribution is 0.287. The SMILES string of the molecule is CCNCc1cc(F)ccc1OCc1nncn1C. The number of nitrogens with one attached hydrogen (secondary N) is 1. The number of hydrogen-bond acceptors (Lipinski definition) is 4. The average Bonchev–Trinajstić information content (AvgIpc) is 2.81. The third-order valence-corrected chi connectivity index (χ3v) is 2.75. The number of aryl methyl sites for hydroxylation is 1. The third kappa shape index (κ3) is 3.51. The zero-order valence-electron chi connectivity index (χ0n) is 11.1. The minimum absolute atomic E-state index is 0.265. The van der Waals surface area contributed by atoms with E-state index in [-0.39, 0.29) is 5.82 Å². The number of nitrogens with zero attached hydrogens (tertiary/aromatic N) is 3. The van der Waals surface area contributed by atoms with Crippen LogP contribution in [0.15, 0.2) is 24.5 Å². The van der Waals surface area contributed by atoms with Gasteiger partial charge in [-0.05, 0) is 24.7 Å². The third-order valence-electron chi connectivity index (χ3n) is 2.75. The quantitative estimate of drug-likeness (QED) is 0.862. The van der Waals surface area contributed by atoms with Crippen LogP contribution < -0.4 is 10.1 Å². The van der Waals surface area contributed by atoms with Gasteiger partial charge in [0.05, 0.1) is 0 Å². The van der Waals surface area contributed by atoms with Crippen LogP contribution in [0.3, 0.4) is 0 Å². The average molecular weight is 264 g/mol. The molecule has 0 bridgehead atoms. The number of rotatable bonds is 6. The first kappa shape index (κ1) is 13.5. The van der Waals surface area contributed by atoms with Crippen LogP contribution in [-0.2, 0) is 20.2 Å². The van der Waals surface area contributed by atoms with E-state index in [1.165, 1.54) is 12.1 Å². The highest BCUT2D eigenvalue weighted by Crippen LogP contribution is 2.20. The van der Waals surface area contributed by atoms with E-state index in [0.717, 1.165) is 17.9 Å². The van der Waals surface area contributed by atoms with Crippen LogP contribution in [0, 0.1) is 5.82 Å². The van der Waals surface area contributed by atoms with Crippen molar-refractivity contribution in [2.24, 2.45) is 7.05 Å². The lowest BCUT2D eigenvalue weighted by atomic mass is 10.2. The van der Waals surface area contributed by atoms with Gasteiger partial charge in [0.15, 0.2) is 5.82 Å². The Kier molecular flexibility index (Phi) is 4.46. The summed E-state index contributed by atoms with van der Waals surface area (Å²) in [6.45, 7) is 3.70. The van der Waals surface area contributed by atoms with E-state index in [1.807, 2.05) is 14.0 Å². The van der Waals surface area contributed by atoms with Crippen molar-refractivity contribution in [3.8, 4) is 5.75 Å². The summed E-state index contributed by atoms with van der Waals surface area (Å²) in [5.74, 6) is 1.11. The highest BCUT2D eigenvalue weighted by Gasteiger charge is 2.07. The van der Waals surface area contributed by atoms with Crippen LogP contribution in [0.4, 0.5) is 4.39 Å². The summed E-state index contributed by atoms with van der Waals surface area (Å²) in [6.07, 6.45) is 1.61. The molecule has 1 N–H and O–H groups in total. The first-order chi connectivity index (χ1) is 9.20. The molecule has 0 aliphatic rings. The molecule has 0 unspecified atom stereocenters. The maximum atomic E-state index is 13.2. The molecule has 1 heterocycles. The van der Waals surface area contributed by atoms with Crippen molar-refractivity contribution in [2.45, 2.75) is 20.1 Å². The zero-order valence-corrected chi connectivity index (χ0v) is 11.1. The Morgan fingerprint density at radius 3 is 2.95 bits per heavy atom. The molecule has 0 aliphatic heterocycles. The molecular weight excluding hydrogens is 247 g/mol. The van der Waals surface area contributed by atoms with Gasteiger partial charge in [-0.2, -0.15) is 0 Å². The van der Waals surface area contributed by atoms with Gasteiger partial charge in [-0.25, -0.2) is 4.39 Å². The fraction of sp³-hybridized carbons (Fsp3) is 0.385. The molecule has 1 aromatic heterocycles. The molecule has 0 aliphatic carbocycles. The summed E-state index contributed by atoms with van der Waals surface area (Å²) in [5, 5.41) is 10.9. The topological polar surface area (TPSA) is 52.0 Å². The molecular formula is C13H17FN4O. The zero-order chi connectivity index (χ0) is 13.7. The van der Waals surface area contributed by atoms with Crippen molar-refractivity contribution >= 4 is 0 Å². The number of benzene rings is 1. The van der Waals surface area contributed by atoms with Crippen LogP contribution in [0.25, 0.3) is 0 Å². The van der Waals surface area contributed by atoms with Gasteiger partial charge in [-0.1, -0.05) is 6.92 Å². The monoisotopic (exact) mass is 264 g/mol. The molecule has 102 valence electrons. The van der Waals surface area contributed by atoms with Crippen molar-refractivity contribution in [1.29, 1.82) is 0 Å². The Balaban J connectivity index is 2.08. The highest BCUT2D eigenvalue weighted by atomic mass is 19.1. The summed E-state index contributed by atoms with van der Waals surface area (Å²) in [5.41, 5.74) is 0.795. The normalized spacial score (nSPS) is 10.7. The molecule has 0 fully saturated rings. The molecule has 0 saturated carbocycles. The predicted molar refractivity (Wildman–Crippen MR) is 69.1 cm³/mol. The van der Waals surface area contributed by atoms with E-state index >= 15 is 0 Å². The van der Waals surface area contributed by atoms with E-state index < -0.39 is 0 Å². The van der Waals surface area contributed by atoms with Gasteiger partial charge < -0.3 is 14.6 Å². The van der Waals surface area contributed by atoms with E-state index in [0.29, 0.717) is 18.9 Å². The molecule has 2 aromatic rings. The van der Waals surface area contributed by atoms with Crippen LogP contribution in [0.5, 0.6) is 5.75 Å². The predicted octanol–water partition coefficient (Wildman–Crippen LogP) is 1.64. The Hall–Kier alpha value is -1.95. The summed E-state index contributed by atoms with van der Waals surface area (Å²) in [6, 6.07) is 4.51. The Morgan fingerprint density at radius 1 is 1.42 bits per heavy atom. The minimum atomic E-state index is -0.265. The van der Waals surface area contributed by atoms with Crippen LogP contribution in [-0.4, -0.2) is 21.3 Å². The molecule has 19 heavy (non-hydrogen) atoms. The number of aromatic nitrogens is 3. The first-order valence-corrected chi connectivity index (χ1v) is 6.15. The summed E-state index contributed by atoms with van der Waals surface area (Å²) >= 11 is 0. The standard InChI is InChI=1S/C13H17FN4O/c1-3-15-7-10-6-11(14)4-5-12(10)19-8-13-17-16-9-18(13)2/h4-6,9,15H,3,7-8H2,1-2H3. The van der Waals surface area contributed by atoms with Gasteiger partial charge >= 0.3 is 0 Å². The Morgan fingerprint density at radius 2 is 2.26 bits per heavy atom. The maximum absolute atomic E-state index is 13.2. The van der Waals surface area contributed by atoms with Gasteiger partial charge in [-0.3, -0.25) is 0 Å². The number of halogens is 1. The molecule has 0 spiro atoms. The van der Waals surface area contributed by atoms with Crippen molar-refractivity contribution < 1.29 is 9.13 Å². The fourth-order valence-electron chi connectivity index (χ4n) is 1.67. The molecule has 0 amide bonds. The van der Waals surface area contributed by atoms with Crippen molar-refractivity contribution in [2.75, 3.05) is 6.54 Å². The largest absolute Gasteiger partial charge is 0.485 e. The molecule has 5 nitrogen and oxygen atoms in total.